The molecule has 37 heavy (non-hydrogen) atoms. The maximum Gasteiger partial charge on any atom is 0.100 e. The Balaban J connectivity index is 1.63. The van der Waals surface area contributed by atoms with Crippen molar-refractivity contribution < 1.29 is 11.0 Å². The fraction of sp³-hybridized carbons (Fsp3) is 0.314. The topological polar surface area (TPSA) is 6.48 Å². The Bertz CT molecular complexity index is 1740. The second-order valence-electron chi connectivity index (χ2n) is 10.4. The summed E-state index contributed by atoms with van der Waals surface area (Å²) in [6, 6.07) is 24.0. The Labute approximate surface area is 233 Å². The lowest BCUT2D eigenvalue weighted by Gasteiger charge is -2.30. The van der Waals surface area contributed by atoms with Crippen molar-refractivity contribution in [2.24, 2.45) is 0 Å². The predicted molar refractivity (Wildman–Crippen MR) is 158 cm³/mol. The molecule has 0 unspecified atom stereocenters. The second-order valence-corrected chi connectivity index (χ2v) is 10.4. The fourth-order valence-electron chi connectivity index (χ4n) is 5.29. The summed E-state index contributed by atoms with van der Waals surface area (Å²) >= 11 is 0. The molecule has 4 aromatic rings. The summed E-state index contributed by atoms with van der Waals surface area (Å²) in [5, 5.41) is 0. The molecule has 0 aromatic heterocycles. The van der Waals surface area contributed by atoms with Gasteiger partial charge in [0.15, 0.2) is 0 Å². The van der Waals surface area contributed by atoms with Gasteiger partial charge in [-0.1, -0.05) is 94.4 Å². The van der Waals surface area contributed by atoms with Gasteiger partial charge in [-0.2, -0.15) is 0 Å². The summed E-state index contributed by atoms with van der Waals surface area (Å²) in [6.45, 7) is 8.92. The average molecular weight is 495 g/mol. The Morgan fingerprint density at radius 3 is 1.73 bits per heavy atom. The van der Waals surface area contributed by atoms with Crippen molar-refractivity contribution in [3.05, 3.63) is 118 Å². The number of anilines is 4. The first-order chi connectivity index (χ1) is 21.0. The van der Waals surface area contributed by atoms with Crippen LogP contribution in [0.3, 0.4) is 0 Å². The Kier molecular flexibility index (Phi) is 4.30. The molecule has 4 aromatic carbocycles. The van der Waals surface area contributed by atoms with Crippen molar-refractivity contribution in [1.29, 1.82) is 0 Å². The number of benzene rings is 4. The molecule has 0 fully saturated rings. The van der Waals surface area contributed by atoms with E-state index < -0.39 is 25.5 Å². The highest BCUT2D eigenvalue weighted by molar-refractivity contribution is 5.89. The van der Waals surface area contributed by atoms with Gasteiger partial charge in [-0.05, 0) is 88.9 Å². The molecule has 4 aliphatic carbocycles. The highest BCUT2D eigenvalue weighted by atomic mass is 15.4. The SMILES string of the molecule is [2H]C1([2H])c2ccc(cc2)C([2H])([2H])C([2H])([2H])c2ccc(cc2N2CN(c3c(C(C)C)cccc3C(C)C)c3ccccc32)C1([2H])[2H]. The van der Waals surface area contributed by atoms with Crippen molar-refractivity contribution in [2.45, 2.75) is 65.0 Å². The van der Waals surface area contributed by atoms with Crippen LogP contribution in [0.25, 0.3) is 0 Å². The molecule has 0 amide bonds. The Hall–Kier alpha value is -3.52. The van der Waals surface area contributed by atoms with E-state index in [0.29, 0.717) is 5.69 Å². The quantitative estimate of drug-likeness (QED) is 0.279. The average Bonchev–Trinajstić information content (AvgIpc) is 3.39. The number of hydrogen-bond acceptors (Lipinski definition) is 2. The molecular formula is C35H38N2. The van der Waals surface area contributed by atoms with Crippen LogP contribution in [0.1, 0.15) is 83.9 Å². The van der Waals surface area contributed by atoms with E-state index in [1.807, 2.05) is 29.2 Å². The van der Waals surface area contributed by atoms with Crippen molar-refractivity contribution in [2.75, 3.05) is 16.5 Å². The maximum absolute atomic E-state index is 9.29. The van der Waals surface area contributed by atoms with Gasteiger partial charge in [-0.3, -0.25) is 0 Å². The Morgan fingerprint density at radius 2 is 1.11 bits per heavy atom. The molecule has 0 N–H and O–H groups in total. The molecule has 0 atom stereocenters. The van der Waals surface area contributed by atoms with Crippen LogP contribution >= 0.6 is 0 Å². The Morgan fingerprint density at radius 1 is 0.568 bits per heavy atom. The molecule has 0 spiro atoms. The van der Waals surface area contributed by atoms with Gasteiger partial charge in [0.1, 0.15) is 6.67 Å². The van der Waals surface area contributed by atoms with Crippen molar-refractivity contribution >= 4 is 22.7 Å². The molecule has 1 heterocycles. The summed E-state index contributed by atoms with van der Waals surface area (Å²) < 4.78 is 72.6. The standard InChI is InChI=1S/C35H38N2/c1-24(2)30-8-7-9-31(25(3)4)35(30)37-23-36(32-10-5-6-11-33(32)37)34-22-28-17-16-26-12-14-27(15-13-26)18-20-29(34)21-19-28/h5-15,19,21-22,24-25H,16-18,20,23H2,1-4H3/i16D2,17D2,18D2,20D2. The van der Waals surface area contributed by atoms with E-state index >= 15 is 0 Å². The van der Waals surface area contributed by atoms with E-state index in [4.69, 9.17) is 8.22 Å². The number of fused-ring (bicyclic) bond motifs is 1. The zero-order valence-corrected chi connectivity index (χ0v) is 21.8. The van der Waals surface area contributed by atoms with Crippen LogP contribution in [0.2, 0.25) is 0 Å². The van der Waals surface area contributed by atoms with Gasteiger partial charge >= 0.3 is 0 Å². The first kappa shape index (κ1) is 16.3. The monoisotopic (exact) mass is 494 g/mol. The van der Waals surface area contributed by atoms with E-state index in [-0.39, 0.29) is 40.8 Å². The minimum atomic E-state index is -2.53. The molecule has 0 saturated heterocycles. The van der Waals surface area contributed by atoms with Gasteiger partial charge in [0.05, 0.1) is 11.4 Å². The van der Waals surface area contributed by atoms with E-state index in [1.165, 1.54) is 53.6 Å². The predicted octanol–water partition coefficient (Wildman–Crippen LogP) is 9.06. The number of rotatable bonds is 4. The van der Waals surface area contributed by atoms with Crippen LogP contribution in [0.5, 0.6) is 0 Å². The molecular weight excluding hydrogens is 448 g/mol. The van der Waals surface area contributed by atoms with Crippen molar-refractivity contribution in [1.82, 2.24) is 0 Å². The molecule has 2 nitrogen and oxygen atoms in total. The number of nitrogens with zero attached hydrogens (tertiary/aromatic N) is 2. The van der Waals surface area contributed by atoms with Crippen LogP contribution in [-0.2, 0) is 25.5 Å². The minimum absolute atomic E-state index is 0.0497. The van der Waals surface area contributed by atoms with E-state index in [2.05, 4.69) is 50.8 Å². The lowest BCUT2D eigenvalue weighted by molar-refractivity contribution is 0.818. The minimum Gasteiger partial charge on any atom is -0.321 e. The number of para-hydroxylation sites is 3. The lowest BCUT2D eigenvalue weighted by atomic mass is 9.92. The molecule has 9 rings (SSSR count). The summed E-state index contributed by atoms with van der Waals surface area (Å²) in [7, 11) is 0. The maximum atomic E-state index is 9.29. The smallest absolute Gasteiger partial charge is 0.100 e. The highest BCUT2D eigenvalue weighted by Crippen LogP contribution is 2.49. The molecule has 2 heteroatoms. The summed E-state index contributed by atoms with van der Waals surface area (Å²) in [6.07, 6.45) is -9.96. The van der Waals surface area contributed by atoms with Crippen LogP contribution in [-0.4, -0.2) is 6.67 Å². The molecule has 0 saturated carbocycles. The van der Waals surface area contributed by atoms with Crippen LogP contribution in [0.15, 0.2) is 84.9 Å². The fourth-order valence-corrected chi connectivity index (χ4v) is 5.29. The van der Waals surface area contributed by atoms with Gasteiger partial charge in [-0.15, -0.1) is 0 Å². The first-order valence-electron chi connectivity index (χ1n) is 17.0. The van der Waals surface area contributed by atoms with E-state index in [1.54, 1.807) is 0 Å². The van der Waals surface area contributed by atoms with Crippen molar-refractivity contribution in [3.63, 3.8) is 0 Å². The molecule has 188 valence electrons. The van der Waals surface area contributed by atoms with Crippen LogP contribution in [0, 0.1) is 0 Å². The molecule has 0 radical (unpaired) electrons. The first-order valence-corrected chi connectivity index (χ1v) is 13.0. The summed E-state index contributed by atoms with van der Waals surface area (Å²) in [5.74, 6) is 0.456. The zero-order valence-electron chi connectivity index (χ0n) is 29.8. The second kappa shape index (κ2) is 9.74. The van der Waals surface area contributed by atoms with Gasteiger partial charge in [0.2, 0.25) is 0 Å². The van der Waals surface area contributed by atoms with Gasteiger partial charge in [0.25, 0.3) is 0 Å². The van der Waals surface area contributed by atoms with Gasteiger partial charge in [-0.25, -0.2) is 0 Å². The highest BCUT2D eigenvalue weighted by Gasteiger charge is 2.32. The zero-order chi connectivity index (χ0) is 32.7. The van der Waals surface area contributed by atoms with Crippen LogP contribution in [0.4, 0.5) is 22.7 Å². The number of aryl methyl sites for hydroxylation is 4. The third-order valence-electron chi connectivity index (χ3n) is 7.22. The largest absolute Gasteiger partial charge is 0.321 e. The van der Waals surface area contributed by atoms with Crippen molar-refractivity contribution in [3.8, 4) is 0 Å². The van der Waals surface area contributed by atoms with Gasteiger partial charge in [0, 0.05) is 22.3 Å². The third-order valence-corrected chi connectivity index (χ3v) is 7.22. The third kappa shape index (κ3) is 4.44. The number of hydrogen-bond donors (Lipinski definition) is 0. The summed E-state index contributed by atoms with van der Waals surface area (Å²) in [5.41, 5.74) is 5.64. The van der Waals surface area contributed by atoms with Crippen LogP contribution < -0.4 is 9.80 Å². The van der Waals surface area contributed by atoms with Gasteiger partial charge < -0.3 is 9.80 Å². The van der Waals surface area contributed by atoms with E-state index in [9.17, 15) is 2.74 Å². The lowest BCUT2D eigenvalue weighted by Crippen LogP contribution is -2.27. The molecule has 4 bridgehead atoms. The molecule has 5 aliphatic rings. The normalized spacial score (nSPS) is 23.5. The summed E-state index contributed by atoms with van der Waals surface area (Å²) in [4.78, 5) is 4.14. The van der Waals surface area contributed by atoms with E-state index in [0.717, 1.165) is 17.1 Å². The molecule has 1 aliphatic heterocycles.